The first kappa shape index (κ1) is 17.5. The van der Waals surface area contributed by atoms with Crippen LogP contribution in [0.15, 0.2) is 45.3 Å². The maximum Gasteiger partial charge on any atom is 0.338 e. The molecule has 0 amide bonds. The predicted molar refractivity (Wildman–Crippen MR) is 90.0 cm³/mol. The summed E-state index contributed by atoms with van der Waals surface area (Å²) in [5, 5.41) is 17.4. The van der Waals surface area contributed by atoms with Crippen molar-refractivity contribution in [3.05, 3.63) is 56.5 Å². The maximum atomic E-state index is 10.5. The van der Waals surface area contributed by atoms with Gasteiger partial charge in [0.05, 0.1) is 12.2 Å². The molecule has 0 saturated heterocycles. The molecule has 0 radical (unpaired) electrons. The summed E-state index contributed by atoms with van der Waals surface area (Å²) in [6.07, 6.45) is 0. The highest BCUT2D eigenvalue weighted by atomic mass is 79.9. The van der Waals surface area contributed by atoms with E-state index in [1.165, 1.54) is 0 Å². The van der Waals surface area contributed by atoms with Gasteiger partial charge in [-0.05, 0) is 40.2 Å². The number of halogens is 2. The van der Waals surface area contributed by atoms with E-state index in [2.05, 4.69) is 31.9 Å². The molecule has 0 saturated carbocycles. The van der Waals surface area contributed by atoms with Crippen LogP contribution >= 0.6 is 31.9 Å². The molecule has 0 aromatic heterocycles. The summed E-state index contributed by atoms with van der Waals surface area (Å²) in [4.78, 5) is 10.5. The number of nitrogen functional groups attached to an aromatic ring is 2. The minimum atomic E-state index is -1.02. The van der Waals surface area contributed by atoms with Crippen LogP contribution in [0, 0.1) is 0 Å². The molecule has 0 aliphatic rings. The lowest BCUT2D eigenvalue weighted by atomic mass is 10.2. The van der Waals surface area contributed by atoms with E-state index in [0.29, 0.717) is 10.2 Å². The molecule has 0 aliphatic carbocycles. The van der Waals surface area contributed by atoms with Gasteiger partial charge in [0.25, 0.3) is 0 Å². The van der Waals surface area contributed by atoms with E-state index in [-0.39, 0.29) is 17.9 Å². The molecule has 0 fully saturated rings. The Labute approximate surface area is 138 Å². The molecule has 0 heterocycles. The minimum absolute atomic E-state index is 0.0206. The second kappa shape index (κ2) is 8.02. The monoisotopic (exact) mass is 416 g/mol. The van der Waals surface area contributed by atoms with E-state index in [0.717, 1.165) is 10.0 Å². The van der Waals surface area contributed by atoms with Gasteiger partial charge in [-0.2, -0.15) is 0 Å². The van der Waals surface area contributed by atoms with Crippen LogP contribution in [0.3, 0.4) is 0 Å². The number of carboxylic acids is 1. The van der Waals surface area contributed by atoms with Gasteiger partial charge in [-0.3, -0.25) is 0 Å². The van der Waals surface area contributed by atoms with Crippen molar-refractivity contribution >= 4 is 49.2 Å². The highest BCUT2D eigenvalue weighted by molar-refractivity contribution is 9.10. The van der Waals surface area contributed by atoms with Crippen LogP contribution in [0.5, 0.6) is 0 Å². The average molecular weight is 418 g/mol. The summed E-state index contributed by atoms with van der Waals surface area (Å²) in [7, 11) is 0. The fourth-order valence-electron chi connectivity index (χ4n) is 1.51. The number of carboxylic acid groups (broad SMARTS) is 1. The summed E-state index contributed by atoms with van der Waals surface area (Å²) < 4.78 is 1.36. The summed E-state index contributed by atoms with van der Waals surface area (Å²) >= 11 is 6.35. The third-order valence-electron chi connectivity index (χ3n) is 2.57. The van der Waals surface area contributed by atoms with Gasteiger partial charge in [0.2, 0.25) is 0 Å². The van der Waals surface area contributed by atoms with Crippen molar-refractivity contribution in [3.63, 3.8) is 0 Å². The molecular formula is C14H14Br2N2O3. The van der Waals surface area contributed by atoms with Gasteiger partial charge >= 0.3 is 5.97 Å². The van der Waals surface area contributed by atoms with Crippen LogP contribution in [0.4, 0.5) is 11.4 Å². The SMILES string of the molecule is Nc1cccc(Br)c1C(=O)O.Nc1cccc(Br)c1CO. The number of rotatable bonds is 2. The van der Waals surface area contributed by atoms with E-state index in [4.69, 9.17) is 21.7 Å². The van der Waals surface area contributed by atoms with E-state index < -0.39 is 5.97 Å². The molecule has 0 aliphatic heterocycles. The third-order valence-corrected chi connectivity index (χ3v) is 3.98. The van der Waals surface area contributed by atoms with Crippen molar-refractivity contribution in [1.29, 1.82) is 0 Å². The first-order chi connectivity index (χ1) is 9.88. The summed E-state index contributed by atoms with van der Waals surface area (Å²) in [6.45, 7) is -0.0206. The van der Waals surface area contributed by atoms with Gasteiger partial charge in [-0.15, -0.1) is 0 Å². The second-order valence-electron chi connectivity index (χ2n) is 3.97. The Hall–Kier alpha value is -1.57. The molecule has 5 nitrogen and oxygen atoms in total. The Balaban J connectivity index is 0.000000211. The number of aromatic carboxylic acids is 1. The van der Waals surface area contributed by atoms with Crippen LogP contribution in [-0.4, -0.2) is 16.2 Å². The molecule has 0 spiro atoms. The number of benzene rings is 2. The van der Waals surface area contributed by atoms with Crippen molar-refractivity contribution < 1.29 is 15.0 Å². The fraction of sp³-hybridized carbons (Fsp3) is 0.0714. The topological polar surface area (TPSA) is 110 Å². The Bertz CT molecular complexity index is 608. The van der Waals surface area contributed by atoms with Crippen LogP contribution in [0.25, 0.3) is 0 Å². The van der Waals surface area contributed by atoms with Gasteiger partial charge in [0, 0.05) is 25.9 Å². The zero-order chi connectivity index (χ0) is 16.0. The quantitative estimate of drug-likeness (QED) is 0.560. The number of aliphatic hydroxyl groups is 1. The molecular weight excluding hydrogens is 404 g/mol. The van der Waals surface area contributed by atoms with E-state index >= 15 is 0 Å². The smallest absolute Gasteiger partial charge is 0.338 e. The normalized spacial score (nSPS) is 9.67. The minimum Gasteiger partial charge on any atom is -0.478 e. The highest BCUT2D eigenvalue weighted by Gasteiger charge is 2.10. The number of anilines is 2. The van der Waals surface area contributed by atoms with E-state index in [9.17, 15) is 4.79 Å². The zero-order valence-electron chi connectivity index (χ0n) is 10.9. The van der Waals surface area contributed by atoms with Crippen LogP contribution in [-0.2, 0) is 6.61 Å². The number of nitrogens with two attached hydrogens (primary N) is 2. The lowest BCUT2D eigenvalue weighted by molar-refractivity contribution is 0.0697. The Morgan fingerprint density at radius 1 is 1.00 bits per heavy atom. The molecule has 2 rings (SSSR count). The molecule has 2 aromatic carbocycles. The molecule has 0 atom stereocenters. The number of aliphatic hydroxyl groups excluding tert-OH is 1. The molecule has 112 valence electrons. The van der Waals surface area contributed by atoms with Gasteiger partial charge < -0.3 is 21.7 Å². The standard InChI is InChI=1S/C7H6BrNO2.C7H8BrNO/c8-4-2-1-3-5(9)6(4)7(10)11;8-6-2-1-3-7(9)5(6)4-10/h1-3H,9H2,(H,10,11);1-3,10H,4,9H2. The van der Waals surface area contributed by atoms with Crippen molar-refractivity contribution in [1.82, 2.24) is 0 Å². The van der Waals surface area contributed by atoms with Crippen LogP contribution in [0.2, 0.25) is 0 Å². The molecule has 7 heteroatoms. The zero-order valence-corrected chi connectivity index (χ0v) is 14.1. The van der Waals surface area contributed by atoms with Crippen LogP contribution in [0.1, 0.15) is 15.9 Å². The number of hydrogen-bond acceptors (Lipinski definition) is 4. The van der Waals surface area contributed by atoms with E-state index in [1.807, 2.05) is 12.1 Å². The van der Waals surface area contributed by atoms with E-state index in [1.54, 1.807) is 24.3 Å². The Morgan fingerprint density at radius 3 is 1.86 bits per heavy atom. The van der Waals surface area contributed by atoms with Gasteiger partial charge in [0.15, 0.2) is 0 Å². The fourth-order valence-corrected chi connectivity index (χ4v) is 2.57. The van der Waals surface area contributed by atoms with Gasteiger partial charge in [-0.1, -0.05) is 28.1 Å². The third kappa shape index (κ3) is 4.73. The van der Waals surface area contributed by atoms with Crippen molar-refractivity contribution in [2.45, 2.75) is 6.61 Å². The molecule has 21 heavy (non-hydrogen) atoms. The summed E-state index contributed by atoms with van der Waals surface area (Å²) in [5.74, 6) is -1.02. The Kier molecular flexibility index (Phi) is 6.67. The molecule has 0 bridgehead atoms. The van der Waals surface area contributed by atoms with Gasteiger partial charge in [-0.25, -0.2) is 4.79 Å². The second-order valence-corrected chi connectivity index (χ2v) is 5.68. The largest absolute Gasteiger partial charge is 0.478 e. The van der Waals surface area contributed by atoms with Crippen molar-refractivity contribution in [3.8, 4) is 0 Å². The maximum absolute atomic E-state index is 10.5. The summed E-state index contributed by atoms with van der Waals surface area (Å²) in [6, 6.07) is 10.3. The molecule has 0 unspecified atom stereocenters. The average Bonchev–Trinajstić information content (AvgIpc) is 2.39. The van der Waals surface area contributed by atoms with Crippen molar-refractivity contribution in [2.75, 3.05) is 11.5 Å². The molecule has 2 aromatic rings. The summed E-state index contributed by atoms with van der Waals surface area (Å²) in [5.41, 5.74) is 12.7. The Morgan fingerprint density at radius 2 is 1.52 bits per heavy atom. The lowest BCUT2D eigenvalue weighted by Gasteiger charge is -2.02. The number of carbonyl (C=O) groups is 1. The first-order valence-corrected chi connectivity index (χ1v) is 7.38. The first-order valence-electron chi connectivity index (χ1n) is 5.79. The number of hydrogen-bond donors (Lipinski definition) is 4. The van der Waals surface area contributed by atoms with Crippen molar-refractivity contribution in [2.24, 2.45) is 0 Å². The van der Waals surface area contributed by atoms with Gasteiger partial charge in [0.1, 0.15) is 0 Å². The van der Waals surface area contributed by atoms with Crippen LogP contribution < -0.4 is 11.5 Å². The molecule has 6 N–H and O–H groups in total. The lowest BCUT2D eigenvalue weighted by Crippen LogP contribution is -2.02. The highest BCUT2D eigenvalue weighted by Crippen LogP contribution is 2.22. The predicted octanol–water partition coefficient (Wildman–Crippen LogP) is 3.25.